The van der Waals surface area contributed by atoms with Crippen LogP contribution >= 0.6 is 11.3 Å². The minimum atomic E-state index is -0.961. The molecule has 1 amide bonds. The third kappa shape index (κ3) is 2.62. The van der Waals surface area contributed by atoms with Gasteiger partial charge in [-0.25, -0.2) is 19.7 Å². The molecule has 1 saturated heterocycles. The van der Waals surface area contributed by atoms with Crippen LogP contribution in [-0.2, 0) is 4.79 Å². The number of hydrogen-bond acceptors (Lipinski definition) is 6. The van der Waals surface area contributed by atoms with Crippen LogP contribution in [0.4, 0.5) is 0 Å². The summed E-state index contributed by atoms with van der Waals surface area (Å²) in [7, 11) is 0. The molecule has 0 aliphatic carbocycles. The average Bonchev–Trinajstić information content (AvgIpc) is 3.17. The molecule has 3 heterocycles. The van der Waals surface area contributed by atoms with Gasteiger partial charge in [-0.1, -0.05) is 0 Å². The molecule has 1 atom stereocenters. The lowest BCUT2D eigenvalue weighted by Gasteiger charge is -2.20. The van der Waals surface area contributed by atoms with E-state index in [1.165, 1.54) is 22.4 Å². The van der Waals surface area contributed by atoms with E-state index < -0.39 is 12.0 Å². The first-order valence-electron chi connectivity index (χ1n) is 6.44. The van der Waals surface area contributed by atoms with Crippen molar-refractivity contribution < 1.29 is 14.7 Å². The Morgan fingerprint density at radius 2 is 2.05 bits per heavy atom. The molecule has 1 aliphatic rings. The molecule has 0 spiro atoms. The summed E-state index contributed by atoms with van der Waals surface area (Å²) in [5, 5.41) is 9.68. The highest BCUT2D eigenvalue weighted by Gasteiger charge is 2.35. The summed E-state index contributed by atoms with van der Waals surface area (Å²) in [5.74, 6) is -0.797. The van der Waals surface area contributed by atoms with Gasteiger partial charge in [-0.05, 0) is 18.9 Å². The number of carbonyl (C=O) groups is 2. The first-order valence-corrected chi connectivity index (χ1v) is 7.25. The minimum absolute atomic E-state index is 0.292. The van der Waals surface area contributed by atoms with E-state index in [-0.39, 0.29) is 5.91 Å². The third-order valence-corrected chi connectivity index (χ3v) is 4.25. The van der Waals surface area contributed by atoms with Crippen molar-refractivity contribution in [2.24, 2.45) is 0 Å². The second-order valence-electron chi connectivity index (χ2n) is 4.60. The lowest BCUT2D eigenvalue weighted by atomic mass is 10.2. The van der Waals surface area contributed by atoms with Crippen molar-refractivity contribution in [1.29, 1.82) is 0 Å². The number of likely N-dealkylation sites (tertiary alicyclic amines) is 1. The van der Waals surface area contributed by atoms with Gasteiger partial charge < -0.3 is 10.0 Å². The first-order chi connectivity index (χ1) is 10.2. The zero-order chi connectivity index (χ0) is 14.8. The van der Waals surface area contributed by atoms with Crippen LogP contribution in [0.1, 0.15) is 22.5 Å². The number of aliphatic carboxylic acids is 1. The van der Waals surface area contributed by atoms with Crippen LogP contribution in [0.15, 0.2) is 24.7 Å². The maximum Gasteiger partial charge on any atom is 0.326 e. The van der Waals surface area contributed by atoms with Crippen molar-refractivity contribution in [3.05, 3.63) is 29.5 Å². The number of nitrogens with zero attached hydrogens (tertiary/aromatic N) is 4. The Hall–Kier alpha value is -2.35. The second kappa shape index (κ2) is 5.57. The van der Waals surface area contributed by atoms with E-state index in [2.05, 4.69) is 15.0 Å². The summed E-state index contributed by atoms with van der Waals surface area (Å²) in [6.07, 6.45) is 5.86. The number of carboxylic acid groups (broad SMARTS) is 1. The molecule has 0 radical (unpaired) electrons. The number of amides is 1. The number of thiazole rings is 1. The van der Waals surface area contributed by atoms with E-state index in [4.69, 9.17) is 5.11 Å². The van der Waals surface area contributed by atoms with Crippen LogP contribution < -0.4 is 0 Å². The van der Waals surface area contributed by atoms with Gasteiger partial charge in [0.15, 0.2) is 10.8 Å². The molecule has 1 aliphatic heterocycles. The summed E-state index contributed by atoms with van der Waals surface area (Å²) >= 11 is 1.17. The molecule has 1 N–H and O–H groups in total. The predicted octanol–water partition coefficient (Wildman–Crippen LogP) is 1.29. The van der Waals surface area contributed by atoms with Crippen molar-refractivity contribution in [1.82, 2.24) is 19.9 Å². The van der Waals surface area contributed by atoms with Gasteiger partial charge in [-0.2, -0.15) is 0 Å². The van der Waals surface area contributed by atoms with Crippen LogP contribution in [-0.4, -0.2) is 49.4 Å². The van der Waals surface area contributed by atoms with E-state index >= 15 is 0 Å². The van der Waals surface area contributed by atoms with Gasteiger partial charge >= 0.3 is 5.97 Å². The molecular weight excluding hydrogens is 292 g/mol. The Balaban J connectivity index is 1.83. The van der Waals surface area contributed by atoms with Gasteiger partial charge in [-0.3, -0.25) is 4.79 Å². The summed E-state index contributed by atoms with van der Waals surface area (Å²) < 4.78 is 0. The normalized spacial score (nSPS) is 17.9. The molecule has 21 heavy (non-hydrogen) atoms. The maximum absolute atomic E-state index is 12.4. The van der Waals surface area contributed by atoms with Crippen LogP contribution in [0.3, 0.4) is 0 Å². The molecule has 8 heteroatoms. The summed E-state index contributed by atoms with van der Waals surface area (Å²) in [4.78, 5) is 37.7. The smallest absolute Gasteiger partial charge is 0.326 e. The van der Waals surface area contributed by atoms with E-state index in [9.17, 15) is 9.59 Å². The maximum atomic E-state index is 12.4. The highest BCUT2D eigenvalue weighted by Crippen LogP contribution is 2.26. The summed E-state index contributed by atoms with van der Waals surface area (Å²) in [5.41, 5.74) is 0. The SMILES string of the molecule is O=C(O)C1CCCN1C(=O)c1cnc(-c2ncccn2)s1. The molecule has 0 bridgehead atoms. The predicted molar refractivity (Wildman–Crippen MR) is 74.8 cm³/mol. The zero-order valence-electron chi connectivity index (χ0n) is 11.0. The molecule has 3 rings (SSSR count). The van der Waals surface area contributed by atoms with Gasteiger partial charge in [0.1, 0.15) is 10.9 Å². The molecular formula is C13H12N4O3S. The number of carbonyl (C=O) groups excluding carboxylic acids is 1. The van der Waals surface area contributed by atoms with Crippen molar-refractivity contribution in [2.45, 2.75) is 18.9 Å². The van der Waals surface area contributed by atoms with Gasteiger partial charge in [0.05, 0.1) is 6.20 Å². The largest absolute Gasteiger partial charge is 0.480 e. The van der Waals surface area contributed by atoms with Crippen molar-refractivity contribution in [3.63, 3.8) is 0 Å². The number of rotatable bonds is 3. The lowest BCUT2D eigenvalue weighted by molar-refractivity contribution is -0.141. The summed E-state index contributed by atoms with van der Waals surface area (Å²) in [6.45, 7) is 0.463. The van der Waals surface area contributed by atoms with E-state index in [0.717, 1.165) is 0 Å². The quantitative estimate of drug-likeness (QED) is 0.918. The van der Waals surface area contributed by atoms with Crippen molar-refractivity contribution >= 4 is 23.2 Å². The van der Waals surface area contributed by atoms with Crippen molar-refractivity contribution in [3.8, 4) is 10.8 Å². The van der Waals surface area contributed by atoms with Crippen LogP contribution in [0, 0.1) is 0 Å². The molecule has 1 fully saturated rings. The van der Waals surface area contributed by atoms with Gasteiger partial charge in [0.2, 0.25) is 0 Å². The molecule has 2 aromatic rings. The number of aromatic nitrogens is 3. The Morgan fingerprint density at radius 1 is 1.29 bits per heavy atom. The minimum Gasteiger partial charge on any atom is -0.480 e. The zero-order valence-corrected chi connectivity index (χ0v) is 11.8. The highest BCUT2D eigenvalue weighted by molar-refractivity contribution is 7.16. The second-order valence-corrected chi connectivity index (χ2v) is 5.63. The molecule has 2 aromatic heterocycles. The fraction of sp³-hybridized carbons (Fsp3) is 0.308. The van der Waals surface area contributed by atoms with E-state index in [1.807, 2.05) is 0 Å². The molecule has 0 saturated carbocycles. The highest BCUT2D eigenvalue weighted by atomic mass is 32.1. The molecule has 0 aromatic carbocycles. The molecule has 108 valence electrons. The summed E-state index contributed by atoms with van der Waals surface area (Å²) in [6, 6.07) is 0.959. The molecule has 1 unspecified atom stereocenters. The first kappa shape index (κ1) is 13.6. The topological polar surface area (TPSA) is 96.3 Å². The van der Waals surface area contributed by atoms with Gasteiger partial charge in [0, 0.05) is 18.9 Å². The fourth-order valence-corrected chi connectivity index (χ4v) is 3.11. The Morgan fingerprint density at radius 3 is 2.76 bits per heavy atom. The number of hydrogen-bond donors (Lipinski definition) is 1. The van der Waals surface area contributed by atoms with Crippen LogP contribution in [0.2, 0.25) is 0 Å². The van der Waals surface area contributed by atoms with Crippen LogP contribution in [0.25, 0.3) is 10.8 Å². The van der Waals surface area contributed by atoms with Crippen molar-refractivity contribution in [2.75, 3.05) is 6.54 Å². The Labute approximate surface area is 124 Å². The average molecular weight is 304 g/mol. The Bertz CT molecular complexity index is 673. The van der Waals surface area contributed by atoms with Gasteiger partial charge in [0.25, 0.3) is 5.91 Å². The standard InChI is InChI=1S/C13H12N4O3S/c18-12(17-6-1-3-8(17)13(19)20)9-7-16-11(21-9)10-14-4-2-5-15-10/h2,4-5,7-8H,1,3,6H2,(H,19,20). The number of carboxylic acids is 1. The Kier molecular flexibility index (Phi) is 3.61. The van der Waals surface area contributed by atoms with Gasteiger partial charge in [-0.15, -0.1) is 11.3 Å². The van der Waals surface area contributed by atoms with E-state index in [0.29, 0.717) is 35.1 Å². The fourth-order valence-electron chi connectivity index (χ4n) is 2.29. The third-order valence-electron chi connectivity index (χ3n) is 3.27. The van der Waals surface area contributed by atoms with E-state index in [1.54, 1.807) is 18.5 Å². The monoisotopic (exact) mass is 304 g/mol. The van der Waals surface area contributed by atoms with Crippen LogP contribution in [0.5, 0.6) is 0 Å². The molecule has 7 nitrogen and oxygen atoms in total. The lowest BCUT2D eigenvalue weighted by Crippen LogP contribution is -2.40.